The summed E-state index contributed by atoms with van der Waals surface area (Å²) in [7, 11) is -3.86. The summed E-state index contributed by atoms with van der Waals surface area (Å²) >= 11 is 0. The van der Waals surface area contributed by atoms with Crippen molar-refractivity contribution in [1.82, 2.24) is 10.0 Å². The Kier molecular flexibility index (Phi) is 3.94. The van der Waals surface area contributed by atoms with Crippen LogP contribution in [0.5, 0.6) is 0 Å². The van der Waals surface area contributed by atoms with Crippen LogP contribution in [0.15, 0.2) is 23.1 Å². The van der Waals surface area contributed by atoms with Crippen molar-refractivity contribution in [1.29, 1.82) is 0 Å². The van der Waals surface area contributed by atoms with E-state index >= 15 is 0 Å². The van der Waals surface area contributed by atoms with E-state index in [1.165, 1.54) is 0 Å². The van der Waals surface area contributed by atoms with Crippen LogP contribution in [0.1, 0.15) is 12.8 Å². The van der Waals surface area contributed by atoms with E-state index in [0.717, 1.165) is 25.2 Å². The van der Waals surface area contributed by atoms with Crippen molar-refractivity contribution in [2.45, 2.75) is 23.8 Å². The molecule has 18 heavy (non-hydrogen) atoms. The van der Waals surface area contributed by atoms with Crippen molar-refractivity contribution < 1.29 is 17.2 Å². The van der Waals surface area contributed by atoms with Gasteiger partial charge in [-0.15, -0.1) is 0 Å². The molecule has 0 atom stereocenters. The second-order valence-electron chi connectivity index (χ2n) is 4.25. The molecular weight excluding hydrogens is 262 g/mol. The predicted octanol–water partition coefficient (Wildman–Crippen LogP) is 0.995. The van der Waals surface area contributed by atoms with Crippen LogP contribution in [0.4, 0.5) is 8.78 Å². The summed E-state index contributed by atoms with van der Waals surface area (Å²) in [5.74, 6) is -1.80. The Labute approximate surface area is 104 Å². The van der Waals surface area contributed by atoms with Crippen LogP contribution < -0.4 is 10.0 Å². The molecule has 2 N–H and O–H groups in total. The summed E-state index contributed by atoms with van der Waals surface area (Å²) in [6, 6.07) is 2.07. The molecule has 0 bridgehead atoms. The molecule has 1 saturated heterocycles. The predicted molar refractivity (Wildman–Crippen MR) is 62.6 cm³/mol. The van der Waals surface area contributed by atoms with Gasteiger partial charge in [0, 0.05) is 12.1 Å². The number of hydrogen-bond donors (Lipinski definition) is 2. The highest BCUT2D eigenvalue weighted by Crippen LogP contribution is 2.15. The van der Waals surface area contributed by atoms with Gasteiger partial charge in [0.2, 0.25) is 10.0 Å². The fourth-order valence-electron chi connectivity index (χ4n) is 1.91. The SMILES string of the molecule is O=S(=O)(NC1CCNCC1)c1cc(F)cc(F)c1. The molecule has 1 heterocycles. The van der Waals surface area contributed by atoms with Gasteiger partial charge in [-0.1, -0.05) is 0 Å². The molecule has 0 unspecified atom stereocenters. The first-order valence-corrected chi connectivity index (χ1v) is 7.15. The molecule has 1 aliphatic heterocycles. The normalized spacial score (nSPS) is 17.9. The first-order chi connectivity index (χ1) is 8.47. The van der Waals surface area contributed by atoms with Gasteiger partial charge in [-0.05, 0) is 38.1 Å². The van der Waals surface area contributed by atoms with Gasteiger partial charge < -0.3 is 5.32 Å². The molecule has 0 aromatic heterocycles. The molecule has 2 rings (SSSR count). The zero-order valence-electron chi connectivity index (χ0n) is 9.62. The number of benzene rings is 1. The highest BCUT2D eigenvalue weighted by molar-refractivity contribution is 7.89. The van der Waals surface area contributed by atoms with Crippen molar-refractivity contribution in [3.05, 3.63) is 29.8 Å². The number of nitrogens with one attached hydrogen (secondary N) is 2. The van der Waals surface area contributed by atoms with Crippen LogP contribution >= 0.6 is 0 Å². The molecular formula is C11H14F2N2O2S. The molecule has 7 heteroatoms. The van der Waals surface area contributed by atoms with Crippen LogP contribution in [0.25, 0.3) is 0 Å². The van der Waals surface area contributed by atoms with Gasteiger partial charge in [0.1, 0.15) is 11.6 Å². The Morgan fingerprint density at radius 1 is 1.11 bits per heavy atom. The van der Waals surface area contributed by atoms with Gasteiger partial charge >= 0.3 is 0 Å². The Hall–Kier alpha value is -1.05. The van der Waals surface area contributed by atoms with Crippen LogP contribution in [-0.2, 0) is 10.0 Å². The first kappa shape index (κ1) is 13.4. The lowest BCUT2D eigenvalue weighted by Crippen LogP contribution is -2.42. The second kappa shape index (κ2) is 5.29. The molecule has 0 radical (unpaired) electrons. The number of hydrogen-bond acceptors (Lipinski definition) is 3. The zero-order chi connectivity index (χ0) is 13.2. The Morgan fingerprint density at radius 2 is 1.67 bits per heavy atom. The van der Waals surface area contributed by atoms with E-state index < -0.39 is 21.7 Å². The molecule has 100 valence electrons. The van der Waals surface area contributed by atoms with Gasteiger partial charge in [0.25, 0.3) is 0 Å². The lowest BCUT2D eigenvalue weighted by molar-refractivity contribution is 0.426. The first-order valence-electron chi connectivity index (χ1n) is 5.66. The maximum Gasteiger partial charge on any atom is 0.241 e. The molecule has 0 aliphatic carbocycles. The largest absolute Gasteiger partial charge is 0.317 e. The maximum atomic E-state index is 13.0. The Bertz CT molecular complexity index is 508. The Balaban J connectivity index is 2.19. The van der Waals surface area contributed by atoms with E-state index in [0.29, 0.717) is 18.9 Å². The summed E-state index contributed by atoms with van der Waals surface area (Å²) in [6.45, 7) is 1.45. The van der Waals surface area contributed by atoms with Crippen LogP contribution in [0.2, 0.25) is 0 Å². The maximum absolute atomic E-state index is 13.0. The third-order valence-electron chi connectivity index (χ3n) is 2.81. The highest BCUT2D eigenvalue weighted by Gasteiger charge is 2.22. The zero-order valence-corrected chi connectivity index (χ0v) is 10.4. The third kappa shape index (κ3) is 3.24. The van der Waals surface area contributed by atoms with Gasteiger partial charge in [0.05, 0.1) is 4.90 Å². The smallest absolute Gasteiger partial charge is 0.241 e. The topological polar surface area (TPSA) is 58.2 Å². The van der Waals surface area contributed by atoms with Crippen LogP contribution in [0.3, 0.4) is 0 Å². The van der Waals surface area contributed by atoms with Crippen molar-refractivity contribution in [3.63, 3.8) is 0 Å². The summed E-state index contributed by atoms with van der Waals surface area (Å²) in [5, 5.41) is 3.10. The second-order valence-corrected chi connectivity index (χ2v) is 5.96. The summed E-state index contributed by atoms with van der Waals surface area (Å²) in [4.78, 5) is -0.376. The molecule has 1 aromatic carbocycles. The minimum absolute atomic E-state index is 0.192. The average molecular weight is 276 g/mol. The third-order valence-corrected chi connectivity index (χ3v) is 4.31. The van der Waals surface area contributed by atoms with Gasteiger partial charge in [-0.3, -0.25) is 0 Å². The van der Waals surface area contributed by atoms with Gasteiger partial charge in [0.15, 0.2) is 0 Å². The van der Waals surface area contributed by atoms with E-state index in [9.17, 15) is 17.2 Å². The molecule has 0 saturated carbocycles. The minimum atomic E-state index is -3.86. The minimum Gasteiger partial charge on any atom is -0.317 e. The van der Waals surface area contributed by atoms with Crippen LogP contribution in [-0.4, -0.2) is 27.5 Å². The van der Waals surface area contributed by atoms with E-state index in [-0.39, 0.29) is 10.9 Å². The summed E-state index contributed by atoms with van der Waals surface area (Å²) in [5.41, 5.74) is 0. The Morgan fingerprint density at radius 3 is 2.22 bits per heavy atom. The molecule has 1 fully saturated rings. The summed E-state index contributed by atoms with van der Waals surface area (Å²) in [6.07, 6.45) is 1.33. The van der Waals surface area contributed by atoms with E-state index in [1.54, 1.807) is 0 Å². The van der Waals surface area contributed by atoms with E-state index in [2.05, 4.69) is 10.0 Å². The molecule has 0 spiro atoms. The summed E-state index contributed by atoms with van der Waals surface area (Å²) < 4.78 is 52.3. The molecule has 1 aliphatic rings. The number of halogens is 2. The van der Waals surface area contributed by atoms with Crippen molar-refractivity contribution in [2.24, 2.45) is 0 Å². The lowest BCUT2D eigenvalue weighted by Gasteiger charge is -2.23. The number of sulfonamides is 1. The standard InChI is InChI=1S/C11H14F2N2O2S/c12-8-5-9(13)7-11(6-8)18(16,17)15-10-1-3-14-4-2-10/h5-7,10,14-15H,1-4H2. The fraction of sp³-hybridized carbons (Fsp3) is 0.455. The van der Waals surface area contributed by atoms with E-state index in [4.69, 9.17) is 0 Å². The van der Waals surface area contributed by atoms with Gasteiger partial charge in [-0.2, -0.15) is 0 Å². The average Bonchev–Trinajstić information content (AvgIpc) is 2.28. The monoisotopic (exact) mass is 276 g/mol. The number of rotatable bonds is 3. The fourth-order valence-corrected chi connectivity index (χ4v) is 3.26. The van der Waals surface area contributed by atoms with Crippen molar-refractivity contribution >= 4 is 10.0 Å². The molecule has 1 aromatic rings. The van der Waals surface area contributed by atoms with Crippen LogP contribution in [0, 0.1) is 11.6 Å². The molecule has 0 amide bonds. The van der Waals surface area contributed by atoms with Crippen molar-refractivity contribution in [3.8, 4) is 0 Å². The lowest BCUT2D eigenvalue weighted by atomic mass is 10.1. The quantitative estimate of drug-likeness (QED) is 0.866. The van der Waals surface area contributed by atoms with E-state index in [1.807, 2.05) is 0 Å². The van der Waals surface area contributed by atoms with Crippen molar-refractivity contribution in [2.75, 3.05) is 13.1 Å². The number of piperidine rings is 1. The molecule has 4 nitrogen and oxygen atoms in total. The van der Waals surface area contributed by atoms with Gasteiger partial charge in [-0.25, -0.2) is 21.9 Å². The highest BCUT2D eigenvalue weighted by atomic mass is 32.2.